The van der Waals surface area contributed by atoms with Gasteiger partial charge < -0.3 is 89.1 Å². The number of carbonyl (C=O) groups is 3. The number of hydrogen-bond acceptors (Lipinski definition) is 23. The summed E-state index contributed by atoms with van der Waals surface area (Å²) in [6.45, 7) is 3.33. The van der Waals surface area contributed by atoms with Crippen molar-refractivity contribution in [1.82, 2.24) is 0 Å². The first-order valence-electron chi connectivity index (χ1n) is 37.7. The third kappa shape index (κ3) is 37.4. The van der Waals surface area contributed by atoms with Crippen LogP contribution in [0.3, 0.4) is 0 Å². The fourth-order valence-corrected chi connectivity index (χ4v) is 13.4. The van der Waals surface area contributed by atoms with Gasteiger partial charge >= 0.3 is 25.7 Å². The first kappa shape index (κ1) is 88.7. The lowest BCUT2D eigenvalue weighted by molar-refractivity contribution is -0.360. The van der Waals surface area contributed by atoms with Crippen LogP contribution in [0.4, 0.5) is 0 Å². The summed E-state index contributed by atoms with van der Waals surface area (Å²) >= 11 is 0. The zero-order chi connectivity index (χ0) is 71.1. The topological polar surface area (TPSA) is 374 Å². The van der Waals surface area contributed by atoms with E-state index in [0.29, 0.717) is 12.8 Å². The van der Waals surface area contributed by atoms with Gasteiger partial charge in [0.1, 0.15) is 98.7 Å². The summed E-state index contributed by atoms with van der Waals surface area (Å²) in [6.07, 6.45) is 14.6. The molecule has 1 saturated carbocycles. The SMILES string of the molecule is CCCCCCCCCCCCC/C=C/C=C/C(=O)OCC(COP(=O)(O)OC1C(OC2OC(CO)C(O)C(O)C2O)C(O)C(O)C(O)C1OC1OC(COC(=O)CCCCCCCCCCCCCC)C(O)C(O)C1O)OC(=O)CCCCCCCCCCCCCCCCC. The molecule has 18 unspecified atom stereocenters. The van der Waals surface area contributed by atoms with Crippen LogP contribution in [0.2, 0.25) is 0 Å². The minimum atomic E-state index is -5.71. The first-order chi connectivity index (χ1) is 46.8. The number of hydrogen-bond donors (Lipinski definition) is 11. The maximum Gasteiger partial charge on any atom is 0.472 e. The lowest BCUT2D eigenvalue weighted by Gasteiger charge is -2.49. The molecule has 0 aromatic rings. The number of aliphatic hydroxyl groups excluding tert-OH is 10. The summed E-state index contributed by atoms with van der Waals surface area (Å²) in [6, 6.07) is 0. The lowest BCUT2D eigenvalue weighted by Crippen LogP contribution is -2.69. The third-order valence-electron chi connectivity index (χ3n) is 18.6. The molecule has 25 heteroatoms. The Morgan fingerprint density at radius 1 is 0.423 bits per heavy atom. The molecule has 568 valence electrons. The molecule has 0 bridgehead atoms. The van der Waals surface area contributed by atoms with E-state index in [4.69, 9.17) is 42.2 Å². The van der Waals surface area contributed by atoms with Crippen molar-refractivity contribution in [2.75, 3.05) is 26.4 Å². The molecular formula is C72H131O24P. The molecule has 3 aliphatic rings. The third-order valence-corrected chi connectivity index (χ3v) is 19.6. The van der Waals surface area contributed by atoms with Gasteiger partial charge in [0.15, 0.2) is 18.7 Å². The van der Waals surface area contributed by atoms with E-state index < -0.39 is 156 Å². The Labute approximate surface area is 579 Å². The van der Waals surface area contributed by atoms with Crippen LogP contribution in [0.5, 0.6) is 0 Å². The predicted molar refractivity (Wildman–Crippen MR) is 365 cm³/mol. The van der Waals surface area contributed by atoms with E-state index in [2.05, 4.69) is 20.8 Å². The van der Waals surface area contributed by atoms with Crippen LogP contribution in [0, 0.1) is 0 Å². The number of rotatable bonds is 58. The number of ether oxygens (including phenoxy) is 7. The summed E-state index contributed by atoms with van der Waals surface area (Å²) in [5.74, 6) is -2.24. The molecule has 18 atom stereocenters. The summed E-state index contributed by atoms with van der Waals surface area (Å²) in [4.78, 5) is 50.8. The number of phosphoric ester groups is 1. The van der Waals surface area contributed by atoms with Crippen molar-refractivity contribution >= 4 is 25.7 Å². The predicted octanol–water partition coefficient (Wildman–Crippen LogP) is 10.1. The van der Waals surface area contributed by atoms with E-state index in [1.165, 1.54) is 154 Å². The Morgan fingerprint density at radius 3 is 1.22 bits per heavy atom. The molecule has 2 saturated heterocycles. The Bertz CT molecular complexity index is 2110. The number of aliphatic hydroxyl groups is 10. The summed E-state index contributed by atoms with van der Waals surface area (Å²) in [7, 11) is -5.71. The van der Waals surface area contributed by atoms with Gasteiger partial charge in [0.05, 0.1) is 13.2 Å². The molecule has 0 aromatic carbocycles. The minimum Gasteiger partial charge on any atom is -0.463 e. The zero-order valence-corrected chi connectivity index (χ0v) is 60.0. The van der Waals surface area contributed by atoms with E-state index in [1.807, 2.05) is 6.08 Å². The molecule has 2 heterocycles. The highest BCUT2D eigenvalue weighted by molar-refractivity contribution is 7.47. The van der Waals surface area contributed by atoms with E-state index in [1.54, 1.807) is 6.08 Å². The maximum absolute atomic E-state index is 14.3. The van der Waals surface area contributed by atoms with Crippen LogP contribution in [0.15, 0.2) is 24.3 Å². The standard InChI is InChI=1S/C72H131O24P/c1-4-7-10-13-16-19-22-25-27-29-32-35-37-40-43-46-56(74)88-50-53(91-58(76)48-45-42-39-36-33-30-28-26-23-20-17-14-11-8-5-2)51-90-97(86,87)96-70-68(94-71-66(84)61(79)59(77)54(49-73)92-71)64(82)63(81)65(83)69(70)95-72-67(85)62(80)60(78)55(93-72)52-89-57(75)47-44-41-38-34-31-24-21-18-15-12-9-6-3/h37,40,43,46,53-55,59-73,77-85H,4-36,38-39,41-42,44-45,47-52H2,1-3H3,(H,86,87)/b40-37+,46-43+. The van der Waals surface area contributed by atoms with Gasteiger partial charge in [0, 0.05) is 18.9 Å². The largest absolute Gasteiger partial charge is 0.472 e. The van der Waals surface area contributed by atoms with Crippen molar-refractivity contribution in [3.63, 3.8) is 0 Å². The molecular weight excluding hydrogens is 1280 g/mol. The van der Waals surface area contributed by atoms with Crippen molar-refractivity contribution < 1.29 is 117 Å². The van der Waals surface area contributed by atoms with Gasteiger partial charge in [-0.3, -0.25) is 18.6 Å². The Morgan fingerprint density at radius 2 is 0.794 bits per heavy atom. The molecule has 1 aliphatic carbocycles. The second-order valence-electron chi connectivity index (χ2n) is 27.1. The van der Waals surface area contributed by atoms with Gasteiger partial charge in [-0.2, -0.15) is 0 Å². The molecule has 3 fully saturated rings. The Balaban J connectivity index is 1.76. The van der Waals surface area contributed by atoms with Crippen molar-refractivity contribution in [3.05, 3.63) is 24.3 Å². The number of phosphoric acid groups is 1. The molecule has 97 heavy (non-hydrogen) atoms. The van der Waals surface area contributed by atoms with Gasteiger partial charge in [-0.25, -0.2) is 9.36 Å². The Kier molecular flexibility index (Phi) is 49.5. The zero-order valence-electron chi connectivity index (χ0n) is 59.1. The van der Waals surface area contributed by atoms with E-state index in [-0.39, 0.29) is 12.8 Å². The van der Waals surface area contributed by atoms with Gasteiger partial charge in [-0.1, -0.05) is 264 Å². The van der Waals surface area contributed by atoms with Gasteiger partial charge in [0.2, 0.25) is 0 Å². The molecule has 0 aromatic heterocycles. The van der Waals surface area contributed by atoms with Crippen LogP contribution in [-0.2, 0) is 61.2 Å². The van der Waals surface area contributed by atoms with Gasteiger partial charge in [0.25, 0.3) is 0 Å². The highest BCUT2D eigenvalue weighted by atomic mass is 31.2. The normalized spacial score (nSPS) is 27.9. The van der Waals surface area contributed by atoms with E-state index in [9.17, 15) is 74.9 Å². The number of esters is 3. The second-order valence-corrected chi connectivity index (χ2v) is 28.5. The van der Waals surface area contributed by atoms with Crippen LogP contribution in [-0.4, -0.2) is 204 Å². The number of allylic oxidation sites excluding steroid dienone is 3. The Hall–Kier alpha value is -2.56. The van der Waals surface area contributed by atoms with Crippen molar-refractivity contribution in [2.45, 2.75) is 388 Å². The minimum absolute atomic E-state index is 0.0284. The van der Waals surface area contributed by atoms with Crippen LogP contribution in [0.25, 0.3) is 0 Å². The first-order valence-corrected chi connectivity index (χ1v) is 39.2. The molecule has 0 amide bonds. The van der Waals surface area contributed by atoms with Crippen LogP contribution < -0.4 is 0 Å². The molecule has 0 radical (unpaired) electrons. The van der Waals surface area contributed by atoms with Crippen LogP contribution in [0.1, 0.15) is 284 Å². The summed E-state index contributed by atoms with van der Waals surface area (Å²) in [5.41, 5.74) is 0. The van der Waals surface area contributed by atoms with Crippen LogP contribution >= 0.6 is 7.82 Å². The van der Waals surface area contributed by atoms with Gasteiger partial charge in [-0.15, -0.1) is 0 Å². The van der Waals surface area contributed by atoms with Crippen molar-refractivity contribution in [1.29, 1.82) is 0 Å². The highest BCUT2D eigenvalue weighted by Gasteiger charge is 2.58. The molecule has 2 aliphatic heterocycles. The quantitative estimate of drug-likeness (QED) is 0.00673. The number of unbranched alkanes of at least 4 members (excludes halogenated alkanes) is 36. The van der Waals surface area contributed by atoms with Crippen molar-refractivity contribution in [3.8, 4) is 0 Å². The highest BCUT2D eigenvalue weighted by Crippen LogP contribution is 2.49. The number of carbonyl (C=O) groups excluding carboxylic acids is 3. The summed E-state index contributed by atoms with van der Waals surface area (Å²) in [5, 5.41) is 110. The molecule has 11 N–H and O–H groups in total. The lowest BCUT2D eigenvalue weighted by atomic mass is 9.84. The fourth-order valence-electron chi connectivity index (χ4n) is 12.4. The molecule has 3 rings (SSSR count). The average Bonchev–Trinajstić information content (AvgIpc) is 0.763. The monoisotopic (exact) mass is 1410 g/mol. The smallest absolute Gasteiger partial charge is 0.463 e. The van der Waals surface area contributed by atoms with E-state index in [0.717, 1.165) is 96.0 Å². The second kappa shape index (κ2) is 54.1. The van der Waals surface area contributed by atoms with Gasteiger partial charge in [-0.05, 0) is 25.7 Å². The molecule has 24 nitrogen and oxygen atoms in total. The summed E-state index contributed by atoms with van der Waals surface area (Å²) < 4.78 is 64.8. The average molecular weight is 1410 g/mol. The van der Waals surface area contributed by atoms with E-state index >= 15 is 0 Å². The van der Waals surface area contributed by atoms with Crippen molar-refractivity contribution in [2.24, 2.45) is 0 Å². The fraction of sp³-hybridized carbons (Fsp3) is 0.903. The molecule has 0 spiro atoms. The maximum atomic E-state index is 14.3.